The topological polar surface area (TPSA) is 47.6 Å². The maximum absolute atomic E-state index is 12.3. The summed E-state index contributed by atoms with van der Waals surface area (Å²) < 4.78 is 10.8. The minimum absolute atomic E-state index is 0.262. The number of carbonyl (C=O) groups is 1. The van der Waals surface area contributed by atoms with Crippen LogP contribution in [-0.2, 0) is 4.79 Å². The predicted octanol–water partition coefficient (Wildman–Crippen LogP) is 4.80. The van der Waals surface area contributed by atoms with Crippen LogP contribution in [0.5, 0.6) is 11.5 Å². The molecule has 4 nitrogen and oxygen atoms in total. The average molecular weight is 354 g/mol. The Kier molecular flexibility index (Phi) is 6.13. The molecule has 0 bridgehead atoms. The molecule has 1 amide bonds. The van der Waals surface area contributed by atoms with E-state index in [4.69, 9.17) is 32.7 Å². The molecule has 0 fully saturated rings. The molecule has 0 aliphatic rings. The number of carbonyl (C=O) groups excluding carboxylic acids is 1. The molecular weight excluding hydrogens is 337 g/mol. The van der Waals surface area contributed by atoms with Crippen LogP contribution in [0.1, 0.15) is 13.3 Å². The summed E-state index contributed by atoms with van der Waals surface area (Å²) in [5.41, 5.74) is 0.532. The lowest BCUT2D eigenvalue weighted by molar-refractivity contribution is -0.122. The lowest BCUT2D eigenvalue weighted by Gasteiger charge is -2.17. The number of rotatable bonds is 6. The monoisotopic (exact) mass is 353 g/mol. The summed E-state index contributed by atoms with van der Waals surface area (Å²) in [6.45, 7) is 1.87. The molecule has 122 valence electrons. The summed E-state index contributed by atoms with van der Waals surface area (Å²) in [5, 5.41) is 3.67. The second-order valence-electron chi connectivity index (χ2n) is 4.84. The van der Waals surface area contributed by atoms with E-state index in [0.717, 1.165) is 5.75 Å². The van der Waals surface area contributed by atoms with Gasteiger partial charge in [-0.25, -0.2) is 0 Å². The highest BCUT2D eigenvalue weighted by molar-refractivity contribution is 6.35. The molecule has 0 aromatic heterocycles. The zero-order chi connectivity index (χ0) is 16.8. The molecule has 0 aliphatic carbocycles. The van der Waals surface area contributed by atoms with Crippen LogP contribution in [0.3, 0.4) is 0 Å². The van der Waals surface area contributed by atoms with Crippen molar-refractivity contribution in [3.05, 3.63) is 52.5 Å². The third-order valence-electron chi connectivity index (χ3n) is 3.13. The van der Waals surface area contributed by atoms with Gasteiger partial charge in [-0.15, -0.1) is 0 Å². The predicted molar refractivity (Wildman–Crippen MR) is 92.8 cm³/mol. The van der Waals surface area contributed by atoms with Crippen molar-refractivity contribution in [2.24, 2.45) is 0 Å². The van der Waals surface area contributed by atoms with E-state index in [9.17, 15) is 4.79 Å². The van der Waals surface area contributed by atoms with Crippen molar-refractivity contribution in [1.29, 1.82) is 0 Å². The van der Waals surface area contributed by atoms with Gasteiger partial charge in [0.1, 0.15) is 11.5 Å². The van der Waals surface area contributed by atoms with Crippen molar-refractivity contribution < 1.29 is 14.3 Å². The van der Waals surface area contributed by atoms with Crippen LogP contribution in [0.4, 0.5) is 5.69 Å². The lowest BCUT2D eigenvalue weighted by Crippen LogP contribution is -2.32. The summed E-state index contributed by atoms with van der Waals surface area (Å²) in [4.78, 5) is 12.3. The molecule has 0 spiro atoms. The number of anilines is 1. The second kappa shape index (κ2) is 8.09. The van der Waals surface area contributed by atoms with Crippen LogP contribution in [-0.4, -0.2) is 19.1 Å². The number of halogens is 2. The SMILES string of the molecule is CC[C@H](Oc1ccc(OC)cc1)C(=O)Nc1cc(Cl)cc(Cl)c1. The molecule has 0 unspecified atom stereocenters. The third kappa shape index (κ3) is 5.05. The molecule has 1 N–H and O–H groups in total. The molecule has 2 aromatic carbocycles. The first kappa shape index (κ1) is 17.4. The Morgan fingerprint density at radius 3 is 2.17 bits per heavy atom. The summed E-state index contributed by atoms with van der Waals surface area (Å²) in [6, 6.07) is 11.9. The van der Waals surface area contributed by atoms with Crippen molar-refractivity contribution in [3.63, 3.8) is 0 Å². The Morgan fingerprint density at radius 1 is 1.09 bits per heavy atom. The molecule has 0 aliphatic heterocycles. The fourth-order valence-electron chi connectivity index (χ4n) is 1.99. The van der Waals surface area contributed by atoms with Crippen LogP contribution < -0.4 is 14.8 Å². The van der Waals surface area contributed by atoms with Crippen molar-refractivity contribution in [2.75, 3.05) is 12.4 Å². The van der Waals surface area contributed by atoms with Crippen molar-refractivity contribution in [1.82, 2.24) is 0 Å². The molecule has 2 aromatic rings. The summed E-state index contributed by atoms with van der Waals surface area (Å²) >= 11 is 11.9. The zero-order valence-corrected chi connectivity index (χ0v) is 14.3. The molecule has 6 heteroatoms. The van der Waals surface area contributed by atoms with Gasteiger partial charge in [-0.3, -0.25) is 4.79 Å². The van der Waals surface area contributed by atoms with Gasteiger partial charge in [-0.1, -0.05) is 30.1 Å². The zero-order valence-electron chi connectivity index (χ0n) is 12.8. The maximum atomic E-state index is 12.3. The Bertz CT molecular complexity index is 654. The van der Waals surface area contributed by atoms with E-state index in [1.807, 2.05) is 6.92 Å². The van der Waals surface area contributed by atoms with E-state index < -0.39 is 6.10 Å². The number of hydrogen-bond donors (Lipinski definition) is 1. The van der Waals surface area contributed by atoms with Gasteiger partial charge in [0.2, 0.25) is 0 Å². The van der Waals surface area contributed by atoms with Gasteiger partial charge < -0.3 is 14.8 Å². The standard InChI is InChI=1S/C17H17Cl2NO3/c1-3-16(23-15-6-4-14(22-2)5-7-15)17(21)20-13-9-11(18)8-12(19)10-13/h4-10,16H,3H2,1-2H3,(H,20,21)/t16-/m0/s1. The normalized spacial score (nSPS) is 11.7. The summed E-state index contributed by atoms with van der Waals surface area (Å²) in [7, 11) is 1.59. The largest absolute Gasteiger partial charge is 0.497 e. The highest BCUT2D eigenvalue weighted by Crippen LogP contribution is 2.23. The van der Waals surface area contributed by atoms with E-state index in [2.05, 4.69) is 5.32 Å². The van der Waals surface area contributed by atoms with Crippen LogP contribution >= 0.6 is 23.2 Å². The Morgan fingerprint density at radius 2 is 1.65 bits per heavy atom. The molecular formula is C17H17Cl2NO3. The molecule has 23 heavy (non-hydrogen) atoms. The maximum Gasteiger partial charge on any atom is 0.265 e. The van der Waals surface area contributed by atoms with E-state index in [1.165, 1.54) is 0 Å². The van der Waals surface area contributed by atoms with Crippen LogP contribution in [0.15, 0.2) is 42.5 Å². The number of methoxy groups -OCH3 is 1. The van der Waals surface area contributed by atoms with Gasteiger partial charge in [0.15, 0.2) is 6.10 Å². The molecule has 2 rings (SSSR count). The fourth-order valence-corrected chi connectivity index (χ4v) is 2.52. The van der Waals surface area contributed by atoms with Crippen LogP contribution in [0.2, 0.25) is 10.0 Å². The van der Waals surface area contributed by atoms with Gasteiger partial charge in [-0.2, -0.15) is 0 Å². The van der Waals surface area contributed by atoms with Gasteiger partial charge >= 0.3 is 0 Å². The fraction of sp³-hybridized carbons (Fsp3) is 0.235. The Hall–Kier alpha value is -1.91. The Labute approximate surface area is 145 Å². The van der Waals surface area contributed by atoms with E-state index >= 15 is 0 Å². The first-order chi connectivity index (χ1) is 11.0. The first-order valence-electron chi connectivity index (χ1n) is 7.09. The minimum atomic E-state index is -0.624. The van der Waals surface area contributed by atoms with Crippen molar-refractivity contribution in [2.45, 2.75) is 19.4 Å². The molecule has 0 saturated heterocycles. The molecule has 1 atom stereocenters. The smallest absolute Gasteiger partial charge is 0.265 e. The van der Waals surface area contributed by atoms with Gasteiger partial charge in [0.05, 0.1) is 7.11 Å². The van der Waals surface area contributed by atoms with Gasteiger partial charge in [0.25, 0.3) is 5.91 Å². The Balaban J connectivity index is 2.05. The van der Waals surface area contributed by atoms with E-state index in [1.54, 1.807) is 49.6 Å². The number of ether oxygens (including phenoxy) is 2. The highest BCUT2D eigenvalue weighted by atomic mass is 35.5. The van der Waals surface area contributed by atoms with Gasteiger partial charge in [0, 0.05) is 15.7 Å². The minimum Gasteiger partial charge on any atom is -0.497 e. The molecule has 0 saturated carbocycles. The second-order valence-corrected chi connectivity index (χ2v) is 5.71. The van der Waals surface area contributed by atoms with Crippen molar-refractivity contribution >= 4 is 34.8 Å². The first-order valence-corrected chi connectivity index (χ1v) is 7.85. The average Bonchev–Trinajstić information content (AvgIpc) is 2.52. The van der Waals surface area contributed by atoms with E-state index in [0.29, 0.717) is 27.9 Å². The number of hydrogen-bond acceptors (Lipinski definition) is 3. The number of amides is 1. The third-order valence-corrected chi connectivity index (χ3v) is 3.57. The van der Waals surface area contributed by atoms with Crippen molar-refractivity contribution in [3.8, 4) is 11.5 Å². The summed E-state index contributed by atoms with van der Waals surface area (Å²) in [6.07, 6.45) is -0.104. The highest BCUT2D eigenvalue weighted by Gasteiger charge is 2.19. The van der Waals surface area contributed by atoms with Crippen LogP contribution in [0.25, 0.3) is 0 Å². The van der Waals surface area contributed by atoms with Crippen LogP contribution in [0, 0.1) is 0 Å². The summed E-state index contributed by atoms with van der Waals surface area (Å²) in [5.74, 6) is 1.06. The molecule has 0 radical (unpaired) electrons. The van der Waals surface area contributed by atoms with Gasteiger partial charge in [-0.05, 0) is 48.9 Å². The lowest BCUT2D eigenvalue weighted by atomic mass is 10.2. The number of nitrogens with one attached hydrogen (secondary N) is 1. The quantitative estimate of drug-likeness (QED) is 0.811. The van der Waals surface area contributed by atoms with E-state index in [-0.39, 0.29) is 5.91 Å². The number of benzene rings is 2. The molecule has 0 heterocycles.